The van der Waals surface area contributed by atoms with Gasteiger partial charge in [-0.05, 0) is 25.0 Å². The van der Waals surface area contributed by atoms with Gasteiger partial charge in [0.2, 0.25) is 5.91 Å². The van der Waals surface area contributed by atoms with Crippen LogP contribution in [0.25, 0.3) is 16.7 Å². The third-order valence-electron chi connectivity index (χ3n) is 4.85. The van der Waals surface area contributed by atoms with E-state index < -0.39 is 0 Å². The van der Waals surface area contributed by atoms with Crippen molar-refractivity contribution in [3.63, 3.8) is 0 Å². The third kappa shape index (κ3) is 2.52. The van der Waals surface area contributed by atoms with E-state index in [1.807, 2.05) is 35.2 Å². The van der Waals surface area contributed by atoms with E-state index in [1.165, 1.54) is 0 Å². The van der Waals surface area contributed by atoms with Gasteiger partial charge in [0.05, 0.1) is 23.3 Å². The second kappa shape index (κ2) is 5.54. The van der Waals surface area contributed by atoms with Gasteiger partial charge in [0.1, 0.15) is 12.1 Å². The van der Waals surface area contributed by atoms with Gasteiger partial charge in [-0.3, -0.25) is 4.79 Å². The van der Waals surface area contributed by atoms with Crippen molar-refractivity contribution in [2.45, 2.75) is 31.3 Å². The molecule has 1 aromatic carbocycles. The average Bonchev–Trinajstić information content (AvgIpc) is 3.27. The zero-order valence-electron chi connectivity index (χ0n) is 13.7. The minimum Gasteiger partial charge on any atom is -0.364 e. The fourth-order valence-electron chi connectivity index (χ4n) is 3.48. The molecule has 0 spiro atoms. The average molecular weight is 334 g/mol. The molecule has 2 aliphatic rings. The number of likely N-dealkylation sites (tertiary alicyclic amines) is 1. The molecular formula is C18H18N6O. The number of carbonyl (C=O) groups excluding carboxylic acids is 1. The number of amides is 1. The number of anilines is 1. The van der Waals surface area contributed by atoms with Gasteiger partial charge in [-0.15, -0.1) is 0 Å². The normalized spacial score (nSPS) is 20.4. The summed E-state index contributed by atoms with van der Waals surface area (Å²) in [5.41, 5.74) is 1.71. The quantitative estimate of drug-likeness (QED) is 0.790. The maximum Gasteiger partial charge on any atom is 0.225 e. The summed E-state index contributed by atoms with van der Waals surface area (Å²) < 4.78 is 1.80. The van der Waals surface area contributed by atoms with Crippen molar-refractivity contribution in [2.75, 3.05) is 11.9 Å². The molecule has 3 heterocycles. The van der Waals surface area contributed by atoms with Gasteiger partial charge in [-0.1, -0.05) is 18.2 Å². The molecule has 0 bridgehead atoms. The summed E-state index contributed by atoms with van der Waals surface area (Å²) >= 11 is 0. The molecule has 3 aromatic rings. The number of nitrogens with zero attached hydrogens (tertiary/aromatic N) is 5. The molecule has 5 rings (SSSR count). The second-order valence-electron chi connectivity index (χ2n) is 6.67. The molecule has 7 nitrogen and oxygen atoms in total. The summed E-state index contributed by atoms with van der Waals surface area (Å²) in [6.45, 7) is 0.752. The minimum absolute atomic E-state index is 0.0891. The van der Waals surface area contributed by atoms with Crippen molar-refractivity contribution in [3.8, 4) is 5.69 Å². The lowest BCUT2D eigenvalue weighted by molar-refractivity contribution is -0.128. The summed E-state index contributed by atoms with van der Waals surface area (Å²) in [4.78, 5) is 22.9. The van der Waals surface area contributed by atoms with Crippen LogP contribution in [0.5, 0.6) is 0 Å². The van der Waals surface area contributed by atoms with Crippen LogP contribution in [-0.2, 0) is 4.79 Å². The molecule has 7 heteroatoms. The molecule has 0 unspecified atom stereocenters. The van der Waals surface area contributed by atoms with Crippen molar-refractivity contribution >= 4 is 22.8 Å². The van der Waals surface area contributed by atoms with Crippen LogP contribution >= 0.6 is 0 Å². The topological polar surface area (TPSA) is 75.9 Å². The van der Waals surface area contributed by atoms with Gasteiger partial charge < -0.3 is 10.2 Å². The van der Waals surface area contributed by atoms with E-state index in [0.717, 1.165) is 41.9 Å². The van der Waals surface area contributed by atoms with Crippen molar-refractivity contribution in [1.29, 1.82) is 0 Å². The molecule has 1 saturated heterocycles. The van der Waals surface area contributed by atoms with Crippen LogP contribution in [0.15, 0.2) is 42.9 Å². The smallest absolute Gasteiger partial charge is 0.225 e. The van der Waals surface area contributed by atoms with E-state index in [-0.39, 0.29) is 11.9 Å². The number of benzene rings is 1. The first-order valence-electron chi connectivity index (χ1n) is 8.60. The van der Waals surface area contributed by atoms with Crippen LogP contribution in [0.3, 0.4) is 0 Å². The molecule has 1 atom stereocenters. The van der Waals surface area contributed by atoms with Crippen molar-refractivity contribution in [2.24, 2.45) is 0 Å². The molecule has 25 heavy (non-hydrogen) atoms. The number of rotatable bonds is 4. The van der Waals surface area contributed by atoms with E-state index in [1.54, 1.807) is 17.2 Å². The van der Waals surface area contributed by atoms with E-state index in [0.29, 0.717) is 12.5 Å². The van der Waals surface area contributed by atoms with Crippen LogP contribution in [0.2, 0.25) is 0 Å². The summed E-state index contributed by atoms with van der Waals surface area (Å²) in [5.74, 6) is 0.980. The van der Waals surface area contributed by atoms with Crippen molar-refractivity contribution < 1.29 is 4.79 Å². The maximum absolute atomic E-state index is 12.1. The summed E-state index contributed by atoms with van der Waals surface area (Å²) in [6.07, 6.45) is 6.12. The van der Waals surface area contributed by atoms with Crippen LogP contribution in [0.1, 0.15) is 19.3 Å². The Bertz CT molecular complexity index is 933. The van der Waals surface area contributed by atoms with E-state index in [2.05, 4.69) is 20.4 Å². The SMILES string of the molecule is O=C1C[C@@H](Nc2ncnc3c2cnn3-c2ccccc2)CN1C1CC1. The highest BCUT2D eigenvalue weighted by molar-refractivity contribution is 5.88. The summed E-state index contributed by atoms with van der Waals surface area (Å²) in [7, 11) is 0. The fraction of sp³-hybridized carbons (Fsp3) is 0.333. The Kier molecular flexibility index (Phi) is 3.19. The predicted molar refractivity (Wildman–Crippen MR) is 93.4 cm³/mol. The molecular weight excluding hydrogens is 316 g/mol. The first-order chi connectivity index (χ1) is 12.3. The molecule has 2 aromatic heterocycles. The number of aromatic nitrogens is 4. The first-order valence-corrected chi connectivity index (χ1v) is 8.60. The van der Waals surface area contributed by atoms with Crippen LogP contribution in [0, 0.1) is 0 Å². The maximum atomic E-state index is 12.1. The molecule has 1 saturated carbocycles. The molecule has 2 fully saturated rings. The van der Waals surface area contributed by atoms with Crippen LogP contribution in [0.4, 0.5) is 5.82 Å². The molecule has 126 valence electrons. The highest BCUT2D eigenvalue weighted by Gasteiger charge is 2.39. The minimum atomic E-state index is 0.0891. The van der Waals surface area contributed by atoms with Crippen LogP contribution in [-0.4, -0.2) is 49.2 Å². The fourth-order valence-corrected chi connectivity index (χ4v) is 3.48. The molecule has 0 radical (unpaired) electrons. The number of fused-ring (bicyclic) bond motifs is 1. The highest BCUT2D eigenvalue weighted by atomic mass is 16.2. The van der Waals surface area contributed by atoms with E-state index in [4.69, 9.17) is 0 Å². The Morgan fingerprint density at radius 2 is 1.96 bits per heavy atom. The number of hydrogen-bond acceptors (Lipinski definition) is 5. The Labute approximate surface area is 144 Å². The van der Waals surface area contributed by atoms with Crippen molar-refractivity contribution in [3.05, 3.63) is 42.9 Å². The van der Waals surface area contributed by atoms with Gasteiger partial charge in [-0.2, -0.15) is 5.10 Å². The van der Waals surface area contributed by atoms with Gasteiger partial charge in [0.15, 0.2) is 5.65 Å². The summed E-state index contributed by atoms with van der Waals surface area (Å²) in [5, 5.41) is 8.75. The van der Waals surface area contributed by atoms with E-state index in [9.17, 15) is 4.79 Å². The Hall–Kier alpha value is -2.96. The molecule has 1 N–H and O–H groups in total. The third-order valence-corrected chi connectivity index (χ3v) is 4.85. The zero-order chi connectivity index (χ0) is 16.8. The number of hydrogen-bond donors (Lipinski definition) is 1. The Morgan fingerprint density at radius 3 is 2.76 bits per heavy atom. The lowest BCUT2D eigenvalue weighted by atomic mass is 10.2. The number of para-hydroxylation sites is 1. The van der Waals surface area contributed by atoms with Gasteiger partial charge >= 0.3 is 0 Å². The van der Waals surface area contributed by atoms with Crippen LogP contribution < -0.4 is 5.32 Å². The zero-order valence-corrected chi connectivity index (χ0v) is 13.7. The van der Waals surface area contributed by atoms with Gasteiger partial charge in [-0.25, -0.2) is 14.6 Å². The number of carbonyl (C=O) groups is 1. The Balaban J connectivity index is 1.44. The first kappa shape index (κ1) is 14.4. The highest BCUT2D eigenvalue weighted by Crippen LogP contribution is 2.32. The van der Waals surface area contributed by atoms with Crippen molar-refractivity contribution in [1.82, 2.24) is 24.6 Å². The van der Waals surface area contributed by atoms with Gasteiger partial charge in [0.25, 0.3) is 0 Å². The Morgan fingerprint density at radius 1 is 1.12 bits per heavy atom. The van der Waals surface area contributed by atoms with E-state index >= 15 is 0 Å². The molecule has 1 amide bonds. The number of nitrogens with one attached hydrogen (secondary N) is 1. The van der Waals surface area contributed by atoms with Gasteiger partial charge in [0, 0.05) is 19.0 Å². The largest absolute Gasteiger partial charge is 0.364 e. The molecule has 1 aliphatic carbocycles. The predicted octanol–water partition coefficient (Wildman–Crippen LogP) is 1.99. The summed E-state index contributed by atoms with van der Waals surface area (Å²) in [6, 6.07) is 10.5. The standard InChI is InChI=1S/C18H18N6O/c25-16-8-12(10-23(16)13-6-7-13)22-17-15-9-21-24(18(15)20-11-19-17)14-4-2-1-3-5-14/h1-5,9,11-13H,6-8,10H2,(H,19,20,22)/t12-/m1/s1. The monoisotopic (exact) mass is 334 g/mol. The molecule has 1 aliphatic heterocycles. The lowest BCUT2D eigenvalue weighted by Gasteiger charge is -2.16. The lowest BCUT2D eigenvalue weighted by Crippen LogP contribution is -2.29. The second-order valence-corrected chi connectivity index (χ2v) is 6.67.